The van der Waals surface area contributed by atoms with E-state index in [4.69, 9.17) is 4.74 Å². The summed E-state index contributed by atoms with van der Waals surface area (Å²) in [6.45, 7) is 2.29. The second kappa shape index (κ2) is 19.8. The number of carbonyl (C=O) groups is 1. The molecule has 1 fully saturated rings. The molecule has 1 aliphatic heterocycles. The third kappa shape index (κ3) is 16.4. The molecule has 0 aromatic rings. The van der Waals surface area contributed by atoms with Crippen LogP contribution in [0.25, 0.3) is 0 Å². The Morgan fingerprint density at radius 2 is 0.964 bits per heavy atom. The van der Waals surface area contributed by atoms with Crippen molar-refractivity contribution in [2.24, 2.45) is 0 Å². The zero-order valence-corrected chi connectivity index (χ0v) is 19.2. The molecule has 1 atom stereocenters. The average molecular weight is 395 g/mol. The molecule has 0 bridgehead atoms. The van der Waals surface area contributed by atoms with Crippen molar-refractivity contribution in [3.05, 3.63) is 0 Å². The van der Waals surface area contributed by atoms with E-state index in [2.05, 4.69) is 6.92 Å². The van der Waals surface area contributed by atoms with Gasteiger partial charge >= 0.3 is 5.97 Å². The van der Waals surface area contributed by atoms with Gasteiger partial charge in [0.2, 0.25) is 0 Å². The fourth-order valence-electron chi connectivity index (χ4n) is 4.41. The molecule has 2 nitrogen and oxygen atoms in total. The number of rotatable bonds is 21. The summed E-state index contributed by atoms with van der Waals surface area (Å²) in [5.74, 6) is 0.0122. The van der Waals surface area contributed by atoms with E-state index >= 15 is 0 Å². The first-order valence-electron chi connectivity index (χ1n) is 13.0. The monoisotopic (exact) mass is 394 g/mol. The molecule has 28 heavy (non-hydrogen) atoms. The molecule has 0 unspecified atom stereocenters. The number of hydrogen-bond donors (Lipinski definition) is 0. The lowest BCUT2D eigenvalue weighted by atomic mass is 10.0. The Morgan fingerprint density at radius 3 is 1.29 bits per heavy atom. The van der Waals surface area contributed by atoms with E-state index in [1.807, 2.05) is 0 Å². The lowest BCUT2D eigenvalue weighted by Crippen LogP contribution is -2.06. The predicted molar refractivity (Wildman–Crippen MR) is 122 cm³/mol. The van der Waals surface area contributed by atoms with Crippen LogP contribution >= 0.6 is 0 Å². The zero-order valence-electron chi connectivity index (χ0n) is 19.2. The average Bonchev–Trinajstić information content (AvgIpc) is 3.11. The summed E-state index contributed by atoms with van der Waals surface area (Å²) in [4.78, 5) is 11.0. The maximum Gasteiger partial charge on any atom is 0.306 e. The first-order valence-corrected chi connectivity index (χ1v) is 13.0. The van der Waals surface area contributed by atoms with Crippen LogP contribution in [0.4, 0.5) is 0 Å². The smallest absolute Gasteiger partial charge is 0.306 e. The highest BCUT2D eigenvalue weighted by molar-refractivity contribution is 5.71. The third-order valence-electron chi connectivity index (χ3n) is 6.35. The maximum atomic E-state index is 11.0. The first kappa shape index (κ1) is 25.5. The molecule has 0 amide bonds. The van der Waals surface area contributed by atoms with Gasteiger partial charge in [-0.15, -0.1) is 0 Å². The summed E-state index contributed by atoms with van der Waals surface area (Å²) in [6.07, 6.45) is 31.4. The van der Waals surface area contributed by atoms with Gasteiger partial charge in [-0.3, -0.25) is 4.79 Å². The summed E-state index contributed by atoms with van der Waals surface area (Å²) >= 11 is 0. The Hall–Kier alpha value is -0.530. The number of carbonyl (C=O) groups excluding carboxylic acids is 1. The van der Waals surface area contributed by atoms with Crippen LogP contribution in [0.2, 0.25) is 0 Å². The largest absolute Gasteiger partial charge is 0.462 e. The molecule has 0 aromatic heterocycles. The zero-order chi connectivity index (χ0) is 20.1. The first-order chi connectivity index (χ1) is 13.8. The normalized spacial score (nSPS) is 16.6. The molecular formula is C26H50O2. The van der Waals surface area contributed by atoms with Crippen molar-refractivity contribution in [3.63, 3.8) is 0 Å². The fourth-order valence-corrected chi connectivity index (χ4v) is 4.41. The summed E-state index contributed by atoms with van der Waals surface area (Å²) in [5, 5.41) is 0. The SMILES string of the molecule is CCCCCCCCCCCCCCCCCCCCCC[C@H]1CCC(=O)O1. The second-order valence-electron chi connectivity index (χ2n) is 9.16. The lowest BCUT2D eigenvalue weighted by molar-refractivity contribution is -0.141. The molecule has 166 valence electrons. The highest BCUT2D eigenvalue weighted by Crippen LogP contribution is 2.20. The van der Waals surface area contributed by atoms with Gasteiger partial charge in [-0.25, -0.2) is 0 Å². The lowest BCUT2D eigenvalue weighted by Gasteiger charge is -2.08. The number of unbranched alkanes of at least 4 members (excludes halogenated alkanes) is 19. The summed E-state index contributed by atoms with van der Waals surface area (Å²) in [5.41, 5.74) is 0. The third-order valence-corrected chi connectivity index (χ3v) is 6.35. The van der Waals surface area contributed by atoms with E-state index in [-0.39, 0.29) is 12.1 Å². The number of ether oxygens (including phenoxy) is 1. The Bertz CT molecular complexity index is 339. The topological polar surface area (TPSA) is 26.3 Å². The number of esters is 1. The molecule has 1 aliphatic rings. The van der Waals surface area contributed by atoms with Crippen molar-refractivity contribution >= 4 is 5.97 Å². The van der Waals surface area contributed by atoms with E-state index in [1.54, 1.807) is 0 Å². The predicted octanol–water partition coefficient (Wildman–Crippen LogP) is 8.90. The number of cyclic esters (lactones) is 1. The van der Waals surface area contributed by atoms with Crippen molar-refractivity contribution in [2.75, 3.05) is 0 Å². The van der Waals surface area contributed by atoms with E-state index in [1.165, 1.54) is 128 Å². The van der Waals surface area contributed by atoms with E-state index in [0.29, 0.717) is 6.42 Å². The van der Waals surface area contributed by atoms with Gasteiger partial charge in [0.25, 0.3) is 0 Å². The van der Waals surface area contributed by atoms with Gasteiger partial charge in [-0.05, 0) is 19.3 Å². The van der Waals surface area contributed by atoms with Crippen LogP contribution in [0.5, 0.6) is 0 Å². The minimum Gasteiger partial charge on any atom is -0.462 e. The Kier molecular flexibility index (Phi) is 18.0. The molecule has 0 radical (unpaired) electrons. The van der Waals surface area contributed by atoms with Crippen molar-refractivity contribution in [1.82, 2.24) is 0 Å². The van der Waals surface area contributed by atoms with Gasteiger partial charge in [0.15, 0.2) is 0 Å². The standard InChI is InChI=1S/C26H50O2/c1-2-3-4-5-6-7-8-9-10-11-12-13-14-15-16-17-18-19-20-21-22-25-23-24-26(27)28-25/h25H,2-24H2,1H3/t25-/m0/s1. The van der Waals surface area contributed by atoms with Crippen molar-refractivity contribution < 1.29 is 9.53 Å². The van der Waals surface area contributed by atoms with Crippen LogP contribution in [0.1, 0.15) is 155 Å². The molecular weight excluding hydrogens is 344 g/mol. The molecule has 1 heterocycles. The molecule has 1 rings (SSSR count). The van der Waals surface area contributed by atoms with E-state index in [0.717, 1.165) is 12.8 Å². The fraction of sp³-hybridized carbons (Fsp3) is 0.962. The summed E-state index contributed by atoms with van der Waals surface area (Å²) in [7, 11) is 0. The minimum atomic E-state index is 0.0122. The molecule has 0 aliphatic carbocycles. The van der Waals surface area contributed by atoms with E-state index in [9.17, 15) is 4.79 Å². The van der Waals surface area contributed by atoms with Gasteiger partial charge in [0.05, 0.1) is 0 Å². The van der Waals surface area contributed by atoms with Crippen LogP contribution in [0, 0.1) is 0 Å². The molecule has 0 aromatic carbocycles. The summed E-state index contributed by atoms with van der Waals surface area (Å²) < 4.78 is 5.26. The summed E-state index contributed by atoms with van der Waals surface area (Å²) in [6, 6.07) is 0. The van der Waals surface area contributed by atoms with Gasteiger partial charge in [-0.1, -0.05) is 129 Å². The molecule has 1 saturated heterocycles. The molecule has 0 saturated carbocycles. The van der Waals surface area contributed by atoms with Gasteiger partial charge in [0, 0.05) is 6.42 Å². The van der Waals surface area contributed by atoms with Crippen LogP contribution in [-0.4, -0.2) is 12.1 Å². The Balaban J connectivity index is 1.64. The molecule has 0 N–H and O–H groups in total. The van der Waals surface area contributed by atoms with Gasteiger partial charge in [-0.2, -0.15) is 0 Å². The maximum absolute atomic E-state index is 11.0. The van der Waals surface area contributed by atoms with Crippen molar-refractivity contribution in [1.29, 1.82) is 0 Å². The minimum absolute atomic E-state index is 0.0122. The van der Waals surface area contributed by atoms with Gasteiger partial charge in [0.1, 0.15) is 6.10 Å². The van der Waals surface area contributed by atoms with Gasteiger partial charge < -0.3 is 4.74 Å². The van der Waals surface area contributed by atoms with Crippen LogP contribution < -0.4 is 0 Å². The highest BCUT2D eigenvalue weighted by atomic mass is 16.5. The number of hydrogen-bond acceptors (Lipinski definition) is 2. The van der Waals surface area contributed by atoms with E-state index < -0.39 is 0 Å². The van der Waals surface area contributed by atoms with Crippen molar-refractivity contribution in [3.8, 4) is 0 Å². The van der Waals surface area contributed by atoms with Crippen molar-refractivity contribution in [2.45, 2.75) is 161 Å². The van der Waals surface area contributed by atoms with Crippen LogP contribution in [0.15, 0.2) is 0 Å². The Morgan fingerprint density at radius 1 is 0.607 bits per heavy atom. The highest BCUT2D eigenvalue weighted by Gasteiger charge is 2.22. The van der Waals surface area contributed by atoms with Crippen LogP contribution in [-0.2, 0) is 9.53 Å². The Labute approximate surface area is 176 Å². The second-order valence-corrected chi connectivity index (χ2v) is 9.16. The van der Waals surface area contributed by atoms with Crippen LogP contribution in [0.3, 0.4) is 0 Å². The molecule has 2 heteroatoms. The molecule has 0 spiro atoms. The quantitative estimate of drug-likeness (QED) is 0.143.